The molecule has 1 aromatic carbocycles. The number of hydrogen-bond acceptors (Lipinski definition) is 5. The SMILES string of the molecule is Cc1nc(NC(=O)c2ccc([N+](=O)[O-])cc2C)n[nH]1. The number of aryl methyl sites for hydroxylation is 2. The van der Waals surface area contributed by atoms with Gasteiger partial charge >= 0.3 is 0 Å². The van der Waals surface area contributed by atoms with Crippen molar-refractivity contribution in [2.24, 2.45) is 0 Å². The van der Waals surface area contributed by atoms with Crippen molar-refractivity contribution in [2.45, 2.75) is 13.8 Å². The number of non-ortho nitro benzene ring substituents is 1. The zero-order chi connectivity index (χ0) is 14.0. The highest BCUT2D eigenvalue weighted by Crippen LogP contribution is 2.17. The first-order valence-corrected chi connectivity index (χ1v) is 5.43. The highest BCUT2D eigenvalue weighted by Gasteiger charge is 2.14. The number of nitrogens with one attached hydrogen (secondary N) is 2. The van der Waals surface area contributed by atoms with E-state index in [0.29, 0.717) is 17.0 Å². The first-order valence-electron chi connectivity index (χ1n) is 5.43. The molecule has 0 bridgehead atoms. The number of carbonyl (C=O) groups is 1. The molecule has 0 fully saturated rings. The molecule has 1 aromatic heterocycles. The number of H-pyrrole nitrogens is 1. The Morgan fingerprint density at radius 3 is 2.68 bits per heavy atom. The van der Waals surface area contributed by atoms with Gasteiger partial charge in [-0.3, -0.25) is 25.3 Å². The number of aromatic nitrogens is 3. The molecule has 0 radical (unpaired) electrons. The molecule has 0 aliphatic carbocycles. The van der Waals surface area contributed by atoms with Crippen molar-refractivity contribution in [1.82, 2.24) is 15.2 Å². The van der Waals surface area contributed by atoms with Gasteiger partial charge in [0.15, 0.2) is 0 Å². The zero-order valence-electron chi connectivity index (χ0n) is 10.3. The number of nitro groups is 1. The van der Waals surface area contributed by atoms with Crippen LogP contribution in [-0.4, -0.2) is 26.0 Å². The highest BCUT2D eigenvalue weighted by molar-refractivity contribution is 6.04. The van der Waals surface area contributed by atoms with Crippen LogP contribution in [0.2, 0.25) is 0 Å². The van der Waals surface area contributed by atoms with E-state index in [1.165, 1.54) is 18.2 Å². The zero-order valence-corrected chi connectivity index (χ0v) is 10.3. The van der Waals surface area contributed by atoms with Crippen molar-refractivity contribution >= 4 is 17.5 Å². The molecule has 98 valence electrons. The summed E-state index contributed by atoms with van der Waals surface area (Å²) in [6, 6.07) is 4.03. The Morgan fingerprint density at radius 2 is 2.16 bits per heavy atom. The fraction of sp³-hybridized carbons (Fsp3) is 0.182. The van der Waals surface area contributed by atoms with Crippen LogP contribution >= 0.6 is 0 Å². The molecule has 2 N–H and O–H groups in total. The first-order chi connectivity index (χ1) is 8.97. The standard InChI is InChI=1S/C11H11N5O3/c1-6-5-8(16(18)19)3-4-9(6)10(17)13-11-12-7(2)14-15-11/h3-5H,1-2H3,(H2,12,13,14,15,17). The van der Waals surface area contributed by atoms with Crippen LogP contribution in [0.4, 0.5) is 11.6 Å². The second-order valence-corrected chi connectivity index (χ2v) is 3.95. The average Bonchev–Trinajstić information content (AvgIpc) is 2.74. The van der Waals surface area contributed by atoms with Crippen LogP contribution < -0.4 is 5.32 Å². The summed E-state index contributed by atoms with van der Waals surface area (Å²) in [4.78, 5) is 26.0. The molecule has 0 unspecified atom stereocenters. The van der Waals surface area contributed by atoms with Gasteiger partial charge < -0.3 is 0 Å². The van der Waals surface area contributed by atoms with Gasteiger partial charge in [0.25, 0.3) is 11.6 Å². The smallest absolute Gasteiger partial charge is 0.269 e. The number of benzene rings is 1. The van der Waals surface area contributed by atoms with Crippen molar-refractivity contribution in [1.29, 1.82) is 0 Å². The molecule has 0 aliphatic heterocycles. The third-order valence-electron chi connectivity index (χ3n) is 2.49. The molecule has 8 heteroatoms. The molecule has 0 aliphatic rings. The van der Waals surface area contributed by atoms with Gasteiger partial charge in [-0.25, -0.2) is 0 Å². The number of amides is 1. The van der Waals surface area contributed by atoms with Crippen molar-refractivity contribution in [3.05, 3.63) is 45.3 Å². The summed E-state index contributed by atoms with van der Waals surface area (Å²) >= 11 is 0. The Morgan fingerprint density at radius 1 is 1.42 bits per heavy atom. The second kappa shape index (κ2) is 4.84. The number of anilines is 1. The maximum absolute atomic E-state index is 12.0. The van der Waals surface area contributed by atoms with Crippen LogP contribution in [0.1, 0.15) is 21.7 Å². The maximum Gasteiger partial charge on any atom is 0.269 e. The molecule has 1 heterocycles. The largest absolute Gasteiger partial charge is 0.289 e. The molecule has 1 amide bonds. The molecular weight excluding hydrogens is 250 g/mol. The minimum atomic E-state index is -0.507. The summed E-state index contributed by atoms with van der Waals surface area (Å²) < 4.78 is 0. The highest BCUT2D eigenvalue weighted by atomic mass is 16.6. The molecular formula is C11H11N5O3. The normalized spacial score (nSPS) is 10.2. The lowest BCUT2D eigenvalue weighted by molar-refractivity contribution is -0.384. The molecule has 0 atom stereocenters. The van der Waals surface area contributed by atoms with Gasteiger partial charge in [-0.2, -0.15) is 4.98 Å². The summed E-state index contributed by atoms with van der Waals surface area (Å²) in [6.45, 7) is 3.34. The molecule has 2 aromatic rings. The Balaban J connectivity index is 2.22. The van der Waals surface area contributed by atoms with Crippen molar-refractivity contribution in [2.75, 3.05) is 5.32 Å². The van der Waals surface area contributed by atoms with Gasteiger partial charge in [-0.15, -0.1) is 5.10 Å². The van der Waals surface area contributed by atoms with E-state index in [0.717, 1.165) is 0 Å². The maximum atomic E-state index is 12.0. The van der Waals surface area contributed by atoms with Crippen molar-refractivity contribution < 1.29 is 9.72 Å². The van der Waals surface area contributed by atoms with E-state index in [1.54, 1.807) is 13.8 Å². The van der Waals surface area contributed by atoms with Crippen molar-refractivity contribution in [3.8, 4) is 0 Å². The summed E-state index contributed by atoms with van der Waals surface area (Å²) in [6.07, 6.45) is 0. The molecule has 2 rings (SSSR count). The van der Waals surface area contributed by atoms with E-state index in [-0.39, 0.29) is 11.6 Å². The number of rotatable bonds is 3. The van der Waals surface area contributed by atoms with E-state index in [2.05, 4.69) is 20.5 Å². The van der Waals surface area contributed by atoms with Crippen LogP contribution in [0.25, 0.3) is 0 Å². The molecule has 0 saturated carbocycles. The topological polar surface area (TPSA) is 114 Å². The summed E-state index contributed by atoms with van der Waals surface area (Å²) in [5, 5.41) is 19.5. The third-order valence-corrected chi connectivity index (χ3v) is 2.49. The van der Waals surface area contributed by atoms with E-state index in [4.69, 9.17) is 0 Å². The Hall–Kier alpha value is -2.77. The third kappa shape index (κ3) is 2.73. The van der Waals surface area contributed by atoms with Gasteiger partial charge in [0.1, 0.15) is 5.82 Å². The summed E-state index contributed by atoms with van der Waals surface area (Å²) in [7, 11) is 0. The number of nitrogens with zero attached hydrogens (tertiary/aromatic N) is 3. The predicted octanol–water partition coefficient (Wildman–Crippen LogP) is 1.58. The van der Waals surface area contributed by atoms with Gasteiger partial charge in [-0.05, 0) is 25.5 Å². The Kier molecular flexibility index (Phi) is 3.23. The molecule has 0 saturated heterocycles. The van der Waals surface area contributed by atoms with E-state index < -0.39 is 10.8 Å². The summed E-state index contributed by atoms with van der Waals surface area (Å²) in [5.41, 5.74) is 0.801. The van der Waals surface area contributed by atoms with Gasteiger partial charge in [0.2, 0.25) is 5.95 Å². The van der Waals surface area contributed by atoms with Crippen LogP contribution in [0.3, 0.4) is 0 Å². The predicted molar refractivity (Wildman–Crippen MR) is 66.9 cm³/mol. The van der Waals surface area contributed by atoms with Gasteiger partial charge in [-0.1, -0.05) is 0 Å². The van der Waals surface area contributed by atoms with Crippen LogP contribution in [0.15, 0.2) is 18.2 Å². The number of aromatic amines is 1. The number of carbonyl (C=O) groups excluding carboxylic acids is 1. The number of hydrogen-bond donors (Lipinski definition) is 2. The fourth-order valence-electron chi connectivity index (χ4n) is 1.58. The summed E-state index contributed by atoms with van der Waals surface area (Å²) in [5.74, 6) is 0.336. The second-order valence-electron chi connectivity index (χ2n) is 3.95. The minimum absolute atomic E-state index is 0.0530. The minimum Gasteiger partial charge on any atom is -0.289 e. The van der Waals surface area contributed by atoms with Crippen LogP contribution in [-0.2, 0) is 0 Å². The molecule has 19 heavy (non-hydrogen) atoms. The first kappa shape index (κ1) is 12.7. The quantitative estimate of drug-likeness (QED) is 0.643. The van der Waals surface area contributed by atoms with E-state index >= 15 is 0 Å². The fourth-order valence-corrected chi connectivity index (χ4v) is 1.58. The van der Waals surface area contributed by atoms with Gasteiger partial charge in [0, 0.05) is 17.7 Å². The van der Waals surface area contributed by atoms with Crippen molar-refractivity contribution in [3.63, 3.8) is 0 Å². The number of nitro benzene ring substituents is 1. The van der Waals surface area contributed by atoms with E-state index in [9.17, 15) is 14.9 Å². The van der Waals surface area contributed by atoms with Crippen LogP contribution in [0, 0.1) is 24.0 Å². The molecule has 8 nitrogen and oxygen atoms in total. The van der Waals surface area contributed by atoms with Gasteiger partial charge in [0.05, 0.1) is 4.92 Å². The lowest BCUT2D eigenvalue weighted by atomic mass is 10.1. The van der Waals surface area contributed by atoms with Crippen LogP contribution in [0.5, 0.6) is 0 Å². The average molecular weight is 261 g/mol. The van der Waals surface area contributed by atoms with E-state index in [1.807, 2.05) is 0 Å². The lowest BCUT2D eigenvalue weighted by Crippen LogP contribution is -2.14. The molecule has 0 spiro atoms. The Labute approximate surface area is 108 Å². The monoisotopic (exact) mass is 261 g/mol. The Bertz CT molecular complexity index is 650. The lowest BCUT2D eigenvalue weighted by Gasteiger charge is -2.04.